The first kappa shape index (κ1) is 18.3. The summed E-state index contributed by atoms with van der Waals surface area (Å²) < 4.78 is 2.84. The Labute approximate surface area is 136 Å². The Morgan fingerprint density at radius 3 is 2.05 bits per heavy atom. The summed E-state index contributed by atoms with van der Waals surface area (Å²) in [4.78, 5) is 10.9. The molecule has 0 aliphatic rings. The highest BCUT2D eigenvalue weighted by atomic mass is 79.9. The second-order valence-electron chi connectivity index (χ2n) is 5.73. The van der Waals surface area contributed by atoms with E-state index in [2.05, 4.69) is 22.9 Å². The van der Waals surface area contributed by atoms with E-state index < -0.39 is 5.97 Å². The van der Waals surface area contributed by atoms with E-state index in [-0.39, 0.29) is 0 Å². The maximum absolute atomic E-state index is 10.9. The zero-order valence-corrected chi connectivity index (χ0v) is 14.7. The van der Waals surface area contributed by atoms with Gasteiger partial charge in [-0.2, -0.15) is 0 Å². The van der Waals surface area contributed by atoms with Crippen molar-refractivity contribution >= 4 is 21.9 Å². The van der Waals surface area contributed by atoms with Gasteiger partial charge in [0.2, 0.25) is 0 Å². The molecule has 0 aliphatic carbocycles. The molecule has 3 nitrogen and oxygen atoms in total. The van der Waals surface area contributed by atoms with Crippen molar-refractivity contribution in [1.82, 2.24) is 4.57 Å². The Morgan fingerprint density at radius 2 is 1.57 bits per heavy atom. The molecule has 1 aromatic heterocycles. The van der Waals surface area contributed by atoms with Gasteiger partial charge in [0.05, 0.1) is 10.2 Å². The summed E-state index contributed by atoms with van der Waals surface area (Å²) in [6.45, 7) is 3.15. The molecule has 120 valence electrons. The van der Waals surface area contributed by atoms with Crippen LogP contribution in [0.15, 0.2) is 16.9 Å². The summed E-state index contributed by atoms with van der Waals surface area (Å²) in [5, 5.41) is 8.93. The zero-order chi connectivity index (χ0) is 15.5. The third kappa shape index (κ3) is 7.70. The molecule has 1 rings (SSSR count). The van der Waals surface area contributed by atoms with Crippen LogP contribution in [0.25, 0.3) is 0 Å². The molecule has 0 fully saturated rings. The number of carbonyl (C=O) groups is 1. The van der Waals surface area contributed by atoms with Crippen LogP contribution in [0.3, 0.4) is 0 Å². The molecular formula is C17H28BrNO2. The summed E-state index contributed by atoms with van der Waals surface area (Å²) >= 11 is 3.41. The number of hydrogen-bond acceptors (Lipinski definition) is 1. The van der Waals surface area contributed by atoms with Crippen molar-refractivity contribution in [3.8, 4) is 0 Å². The second-order valence-corrected chi connectivity index (χ2v) is 6.54. The zero-order valence-electron chi connectivity index (χ0n) is 13.1. The molecule has 1 N–H and O–H groups in total. The third-order valence-corrected chi connectivity index (χ3v) is 4.53. The lowest BCUT2D eigenvalue weighted by molar-refractivity contribution is 0.0697. The average Bonchev–Trinajstić information content (AvgIpc) is 2.82. The molecule has 0 radical (unpaired) electrons. The highest BCUT2D eigenvalue weighted by molar-refractivity contribution is 9.10. The first-order valence-electron chi connectivity index (χ1n) is 8.24. The van der Waals surface area contributed by atoms with E-state index in [1.807, 2.05) is 4.57 Å². The number of carboxylic acid groups (broad SMARTS) is 1. The molecule has 0 spiro atoms. The molecule has 21 heavy (non-hydrogen) atoms. The number of aryl methyl sites for hydroxylation is 1. The van der Waals surface area contributed by atoms with E-state index in [0.717, 1.165) is 17.6 Å². The topological polar surface area (TPSA) is 42.2 Å². The predicted molar refractivity (Wildman–Crippen MR) is 90.9 cm³/mol. The van der Waals surface area contributed by atoms with Gasteiger partial charge in [-0.1, -0.05) is 64.7 Å². The largest absolute Gasteiger partial charge is 0.478 e. The van der Waals surface area contributed by atoms with Crippen LogP contribution in [-0.2, 0) is 6.54 Å². The summed E-state index contributed by atoms with van der Waals surface area (Å²) in [5.74, 6) is -0.863. The Morgan fingerprint density at radius 1 is 1.05 bits per heavy atom. The fraction of sp³-hybridized carbons (Fsp3) is 0.706. The minimum atomic E-state index is -0.863. The molecule has 0 bridgehead atoms. The van der Waals surface area contributed by atoms with Crippen LogP contribution in [0, 0.1) is 0 Å². The van der Waals surface area contributed by atoms with Crippen molar-refractivity contribution in [2.24, 2.45) is 0 Å². The molecule has 0 aliphatic heterocycles. The first-order valence-corrected chi connectivity index (χ1v) is 9.03. The minimum Gasteiger partial charge on any atom is -0.478 e. The highest BCUT2D eigenvalue weighted by Crippen LogP contribution is 2.17. The standard InChI is InChI=1S/C17H28BrNO2/c1-2-3-4-5-6-7-8-9-10-11-12-19-14-15(17(20)21)13-16(19)18/h13-14H,2-12H2,1H3,(H,20,21). The highest BCUT2D eigenvalue weighted by Gasteiger charge is 2.08. The summed E-state index contributed by atoms with van der Waals surface area (Å²) in [6.07, 6.45) is 14.9. The van der Waals surface area contributed by atoms with Gasteiger partial charge in [-0.25, -0.2) is 4.79 Å². The van der Waals surface area contributed by atoms with Crippen LogP contribution in [0.1, 0.15) is 81.5 Å². The summed E-state index contributed by atoms with van der Waals surface area (Å²) in [7, 11) is 0. The minimum absolute atomic E-state index is 0.356. The van der Waals surface area contributed by atoms with Gasteiger partial charge in [-0.05, 0) is 28.4 Å². The van der Waals surface area contributed by atoms with Gasteiger partial charge < -0.3 is 9.67 Å². The smallest absolute Gasteiger partial charge is 0.337 e. The van der Waals surface area contributed by atoms with Crippen molar-refractivity contribution in [1.29, 1.82) is 0 Å². The van der Waals surface area contributed by atoms with Gasteiger partial charge in [-0.15, -0.1) is 0 Å². The lowest BCUT2D eigenvalue weighted by Crippen LogP contribution is -1.98. The molecule has 0 atom stereocenters. The van der Waals surface area contributed by atoms with E-state index in [4.69, 9.17) is 5.11 Å². The molecule has 0 saturated heterocycles. The molecule has 0 aromatic carbocycles. The molecule has 0 amide bonds. The van der Waals surface area contributed by atoms with Crippen LogP contribution < -0.4 is 0 Å². The lowest BCUT2D eigenvalue weighted by atomic mass is 10.1. The molecule has 4 heteroatoms. The number of halogens is 1. The fourth-order valence-electron chi connectivity index (χ4n) is 2.54. The fourth-order valence-corrected chi connectivity index (χ4v) is 3.06. The van der Waals surface area contributed by atoms with E-state index in [1.165, 1.54) is 57.8 Å². The second kappa shape index (κ2) is 10.9. The van der Waals surface area contributed by atoms with Crippen LogP contribution >= 0.6 is 15.9 Å². The number of aromatic carboxylic acids is 1. The van der Waals surface area contributed by atoms with Crippen molar-refractivity contribution in [2.45, 2.75) is 77.7 Å². The van der Waals surface area contributed by atoms with E-state index in [9.17, 15) is 4.79 Å². The number of rotatable bonds is 12. The normalized spacial score (nSPS) is 11.0. The van der Waals surface area contributed by atoms with Gasteiger partial charge in [0.15, 0.2) is 0 Å². The van der Waals surface area contributed by atoms with E-state index >= 15 is 0 Å². The Hall–Kier alpha value is -0.770. The predicted octanol–water partition coefficient (Wildman–Crippen LogP) is 5.87. The Bertz CT molecular complexity index is 415. The molecule has 1 heterocycles. The van der Waals surface area contributed by atoms with Gasteiger partial charge in [-0.3, -0.25) is 0 Å². The van der Waals surface area contributed by atoms with Crippen molar-refractivity contribution in [2.75, 3.05) is 0 Å². The van der Waals surface area contributed by atoms with Crippen LogP contribution in [0.5, 0.6) is 0 Å². The lowest BCUT2D eigenvalue weighted by Gasteiger charge is -2.05. The van der Waals surface area contributed by atoms with Crippen LogP contribution in [0.2, 0.25) is 0 Å². The molecule has 0 saturated carbocycles. The Balaban J connectivity index is 2.03. The monoisotopic (exact) mass is 357 g/mol. The molecular weight excluding hydrogens is 330 g/mol. The maximum Gasteiger partial charge on any atom is 0.337 e. The van der Waals surface area contributed by atoms with E-state index in [0.29, 0.717) is 5.56 Å². The maximum atomic E-state index is 10.9. The first-order chi connectivity index (χ1) is 10.1. The van der Waals surface area contributed by atoms with Gasteiger partial charge >= 0.3 is 5.97 Å². The van der Waals surface area contributed by atoms with Crippen LogP contribution in [-0.4, -0.2) is 15.6 Å². The van der Waals surface area contributed by atoms with Crippen molar-refractivity contribution in [3.63, 3.8) is 0 Å². The number of nitrogens with zero attached hydrogens (tertiary/aromatic N) is 1. The number of aromatic nitrogens is 1. The summed E-state index contributed by atoms with van der Waals surface area (Å²) in [5.41, 5.74) is 0.356. The number of carboxylic acids is 1. The average molecular weight is 358 g/mol. The molecule has 1 aromatic rings. The van der Waals surface area contributed by atoms with Crippen molar-refractivity contribution < 1.29 is 9.90 Å². The quantitative estimate of drug-likeness (QED) is 0.475. The molecule has 0 unspecified atom stereocenters. The Kier molecular flexibility index (Phi) is 9.48. The third-order valence-electron chi connectivity index (χ3n) is 3.84. The van der Waals surface area contributed by atoms with Gasteiger partial charge in [0, 0.05) is 12.7 Å². The van der Waals surface area contributed by atoms with E-state index in [1.54, 1.807) is 12.3 Å². The van der Waals surface area contributed by atoms with Gasteiger partial charge in [0.25, 0.3) is 0 Å². The van der Waals surface area contributed by atoms with Gasteiger partial charge in [0.1, 0.15) is 0 Å². The van der Waals surface area contributed by atoms with Crippen LogP contribution in [0.4, 0.5) is 0 Å². The van der Waals surface area contributed by atoms with Crippen molar-refractivity contribution in [3.05, 3.63) is 22.4 Å². The number of hydrogen-bond donors (Lipinski definition) is 1. The SMILES string of the molecule is CCCCCCCCCCCCn1cc(C(=O)O)cc1Br. The number of unbranched alkanes of at least 4 members (excludes halogenated alkanes) is 9. The summed E-state index contributed by atoms with van der Waals surface area (Å²) in [6, 6.07) is 1.67.